The maximum Gasteiger partial charge on any atom is 0.304 e. The predicted octanol–water partition coefficient (Wildman–Crippen LogP) is 2.98. The Morgan fingerprint density at radius 3 is 2.94 bits per heavy atom. The van der Waals surface area contributed by atoms with Crippen LogP contribution in [0.4, 0.5) is 0 Å². The fraction of sp³-hybridized carbons (Fsp3) is 0.643. The van der Waals surface area contributed by atoms with Crippen molar-refractivity contribution in [2.24, 2.45) is 0 Å². The van der Waals surface area contributed by atoms with Crippen LogP contribution < -0.4 is 0 Å². The summed E-state index contributed by atoms with van der Waals surface area (Å²) in [7, 11) is 0. The number of carboxylic acids is 1. The van der Waals surface area contributed by atoms with Gasteiger partial charge in [0.2, 0.25) is 0 Å². The topological polar surface area (TPSA) is 53.7 Å². The third-order valence-corrected chi connectivity index (χ3v) is 3.75. The van der Waals surface area contributed by atoms with E-state index in [0.29, 0.717) is 0 Å². The molecule has 1 aliphatic heterocycles. The fourth-order valence-electron chi connectivity index (χ4n) is 2.79. The molecule has 2 atom stereocenters. The number of aliphatic carboxylic acids is 1. The van der Waals surface area contributed by atoms with E-state index in [1.165, 1.54) is 0 Å². The monoisotopic (exact) mass is 251 g/mol. The molecule has 1 aromatic heterocycles. The lowest BCUT2D eigenvalue weighted by Gasteiger charge is -2.38. The molecule has 2 heterocycles. The summed E-state index contributed by atoms with van der Waals surface area (Å²) >= 11 is 0. The van der Waals surface area contributed by atoms with E-state index in [2.05, 4.69) is 11.8 Å². The highest BCUT2D eigenvalue weighted by atomic mass is 16.4. The number of carbonyl (C=O) groups is 1. The van der Waals surface area contributed by atoms with Gasteiger partial charge in [-0.3, -0.25) is 9.69 Å². The van der Waals surface area contributed by atoms with Crippen LogP contribution in [0.15, 0.2) is 16.5 Å². The quantitative estimate of drug-likeness (QED) is 0.893. The molecule has 0 aromatic carbocycles. The minimum Gasteiger partial charge on any atom is -0.481 e. The molecule has 1 aliphatic rings. The molecule has 0 radical (unpaired) electrons. The highest BCUT2D eigenvalue weighted by Gasteiger charge is 2.30. The Balaban J connectivity index is 2.10. The van der Waals surface area contributed by atoms with E-state index >= 15 is 0 Å². The number of hydrogen-bond acceptors (Lipinski definition) is 3. The van der Waals surface area contributed by atoms with Crippen LogP contribution in [0.5, 0.6) is 0 Å². The van der Waals surface area contributed by atoms with Crippen LogP contribution >= 0.6 is 0 Å². The molecule has 2 unspecified atom stereocenters. The zero-order valence-electron chi connectivity index (χ0n) is 11.1. The van der Waals surface area contributed by atoms with E-state index in [1.54, 1.807) is 0 Å². The van der Waals surface area contributed by atoms with Gasteiger partial charge in [-0.2, -0.15) is 0 Å². The second-order valence-electron chi connectivity index (χ2n) is 5.11. The number of hydrogen-bond donors (Lipinski definition) is 1. The number of piperidine rings is 1. The zero-order valence-corrected chi connectivity index (χ0v) is 11.1. The highest BCUT2D eigenvalue weighted by Crippen LogP contribution is 2.30. The van der Waals surface area contributed by atoms with Crippen molar-refractivity contribution in [1.82, 2.24) is 4.90 Å². The van der Waals surface area contributed by atoms with Crippen LogP contribution in [-0.4, -0.2) is 28.6 Å². The van der Waals surface area contributed by atoms with Gasteiger partial charge in [-0.05, 0) is 45.4 Å². The van der Waals surface area contributed by atoms with Crippen molar-refractivity contribution < 1.29 is 14.3 Å². The Kier molecular flexibility index (Phi) is 4.07. The summed E-state index contributed by atoms with van der Waals surface area (Å²) < 4.78 is 5.66. The summed E-state index contributed by atoms with van der Waals surface area (Å²) in [5.74, 6) is 1.13. The van der Waals surface area contributed by atoms with E-state index < -0.39 is 5.97 Å². The summed E-state index contributed by atoms with van der Waals surface area (Å²) in [5, 5.41) is 8.99. The molecular weight excluding hydrogens is 230 g/mol. The molecule has 1 saturated heterocycles. The van der Waals surface area contributed by atoms with Crippen molar-refractivity contribution in [2.75, 3.05) is 6.54 Å². The SMILES string of the molecule is Cc1ccc(C(C)N2CCCCC2CC(=O)O)o1. The van der Waals surface area contributed by atoms with E-state index in [9.17, 15) is 4.79 Å². The molecule has 0 saturated carbocycles. The molecule has 0 bridgehead atoms. The summed E-state index contributed by atoms with van der Waals surface area (Å²) in [5.41, 5.74) is 0. The van der Waals surface area contributed by atoms with Gasteiger partial charge < -0.3 is 9.52 Å². The smallest absolute Gasteiger partial charge is 0.304 e. The van der Waals surface area contributed by atoms with Gasteiger partial charge in [-0.25, -0.2) is 0 Å². The molecule has 18 heavy (non-hydrogen) atoms. The lowest BCUT2D eigenvalue weighted by Crippen LogP contribution is -2.42. The molecule has 1 fully saturated rings. The normalized spacial score (nSPS) is 22.9. The predicted molar refractivity (Wildman–Crippen MR) is 68.5 cm³/mol. The summed E-state index contributed by atoms with van der Waals surface area (Å²) in [4.78, 5) is 13.2. The number of aryl methyl sites for hydroxylation is 1. The molecule has 1 aromatic rings. The molecule has 2 rings (SSSR count). The first-order chi connectivity index (χ1) is 8.58. The summed E-state index contributed by atoms with van der Waals surface area (Å²) in [6, 6.07) is 4.24. The van der Waals surface area contributed by atoms with Crippen molar-refractivity contribution in [3.8, 4) is 0 Å². The minimum atomic E-state index is -0.713. The van der Waals surface area contributed by atoms with Gasteiger partial charge >= 0.3 is 5.97 Å². The summed E-state index contributed by atoms with van der Waals surface area (Å²) in [6.45, 7) is 4.98. The minimum absolute atomic E-state index is 0.136. The van der Waals surface area contributed by atoms with Crippen LogP contribution in [0.3, 0.4) is 0 Å². The lowest BCUT2D eigenvalue weighted by molar-refractivity contribution is -0.139. The molecule has 4 nitrogen and oxygen atoms in total. The van der Waals surface area contributed by atoms with Gasteiger partial charge in [0.1, 0.15) is 11.5 Å². The van der Waals surface area contributed by atoms with Crippen LogP contribution in [0.25, 0.3) is 0 Å². The van der Waals surface area contributed by atoms with E-state index in [4.69, 9.17) is 9.52 Å². The Morgan fingerprint density at radius 2 is 2.33 bits per heavy atom. The number of rotatable bonds is 4. The van der Waals surface area contributed by atoms with Gasteiger partial charge in [0.05, 0.1) is 12.5 Å². The largest absolute Gasteiger partial charge is 0.481 e. The van der Waals surface area contributed by atoms with Gasteiger partial charge in [0.15, 0.2) is 0 Å². The van der Waals surface area contributed by atoms with Gasteiger partial charge in [0, 0.05) is 6.04 Å². The molecule has 0 aliphatic carbocycles. The Bertz CT molecular complexity index is 413. The van der Waals surface area contributed by atoms with Gasteiger partial charge in [-0.1, -0.05) is 6.42 Å². The van der Waals surface area contributed by atoms with Crippen molar-refractivity contribution in [3.05, 3.63) is 23.7 Å². The highest BCUT2D eigenvalue weighted by molar-refractivity contribution is 5.67. The number of furan rings is 1. The fourth-order valence-corrected chi connectivity index (χ4v) is 2.79. The van der Waals surface area contributed by atoms with E-state index in [0.717, 1.165) is 37.3 Å². The van der Waals surface area contributed by atoms with Crippen LogP contribution in [0, 0.1) is 6.92 Å². The van der Waals surface area contributed by atoms with Crippen molar-refractivity contribution in [1.29, 1.82) is 0 Å². The second kappa shape index (κ2) is 5.57. The first-order valence-electron chi connectivity index (χ1n) is 6.62. The Labute approximate surface area is 108 Å². The average Bonchev–Trinajstić information content (AvgIpc) is 2.75. The molecule has 1 N–H and O–H groups in total. The first-order valence-corrected chi connectivity index (χ1v) is 6.62. The maximum absolute atomic E-state index is 10.9. The molecule has 0 spiro atoms. The average molecular weight is 251 g/mol. The molecular formula is C14H21NO3. The third-order valence-electron chi connectivity index (χ3n) is 3.75. The van der Waals surface area contributed by atoms with E-state index in [1.807, 2.05) is 19.1 Å². The van der Waals surface area contributed by atoms with Crippen molar-refractivity contribution in [3.63, 3.8) is 0 Å². The van der Waals surface area contributed by atoms with Gasteiger partial charge in [0.25, 0.3) is 0 Å². The molecule has 0 amide bonds. The molecule has 100 valence electrons. The van der Waals surface area contributed by atoms with E-state index in [-0.39, 0.29) is 18.5 Å². The number of nitrogens with zero attached hydrogens (tertiary/aromatic N) is 1. The Morgan fingerprint density at radius 1 is 1.56 bits per heavy atom. The Hall–Kier alpha value is -1.29. The molecule has 4 heteroatoms. The van der Waals surface area contributed by atoms with Crippen molar-refractivity contribution in [2.45, 2.75) is 51.6 Å². The van der Waals surface area contributed by atoms with Crippen molar-refractivity contribution >= 4 is 5.97 Å². The summed E-state index contributed by atoms with van der Waals surface area (Å²) in [6.07, 6.45) is 3.46. The number of carboxylic acid groups (broad SMARTS) is 1. The lowest BCUT2D eigenvalue weighted by atomic mass is 9.97. The standard InChI is InChI=1S/C14H21NO3/c1-10-6-7-13(18-10)11(2)15-8-4-3-5-12(15)9-14(16)17/h6-7,11-12H,3-5,8-9H2,1-2H3,(H,16,17). The zero-order chi connectivity index (χ0) is 13.1. The third kappa shape index (κ3) is 2.93. The van der Waals surface area contributed by atoms with Gasteiger partial charge in [-0.15, -0.1) is 0 Å². The van der Waals surface area contributed by atoms with Crippen LogP contribution in [0.1, 0.15) is 50.2 Å². The number of likely N-dealkylation sites (tertiary alicyclic amines) is 1. The van der Waals surface area contributed by atoms with Crippen LogP contribution in [-0.2, 0) is 4.79 Å². The maximum atomic E-state index is 10.9. The first kappa shape index (κ1) is 13.1. The van der Waals surface area contributed by atoms with Crippen LogP contribution in [0.2, 0.25) is 0 Å². The second-order valence-corrected chi connectivity index (χ2v) is 5.11.